The minimum Gasteiger partial charge on any atom is -0.379 e. The average molecular weight is 238 g/mol. The summed E-state index contributed by atoms with van der Waals surface area (Å²) >= 11 is 0. The molecule has 0 saturated heterocycles. The second-order valence-electron chi connectivity index (χ2n) is 4.37. The summed E-state index contributed by atoms with van der Waals surface area (Å²) in [5.41, 5.74) is 1.04. The van der Waals surface area contributed by atoms with Gasteiger partial charge in [0.15, 0.2) is 0 Å². The van der Waals surface area contributed by atoms with Gasteiger partial charge in [-0.15, -0.1) is 0 Å². The third-order valence-electron chi connectivity index (χ3n) is 2.19. The monoisotopic (exact) mass is 238 g/mol. The Morgan fingerprint density at radius 1 is 1.41 bits per heavy atom. The summed E-state index contributed by atoms with van der Waals surface area (Å²) in [6, 6.07) is 0. The van der Waals surface area contributed by atoms with E-state index in [1.54, 1.807) is 13.2 Å². The standard InChI is InChI=1S/C12H22N4O/c1-9(2)8-17-6-5-14-11-10(3)7-15-12(13-4)16-11/h7,9H,5-6,8H2,1-4H3,(H2,13,14,15,16). The lowest BCUT2D eigenvalue weighted by molar-refractivity contribution is 0.118. The van der Waals surface area contributed by atoms with Gasteiger partial charge in [0, 0.05) is 32.0 Å². The number of aryl methyl sites for hydroxylation is 1. The lowest BCUT2D eigenvalue weighted by Gasteiger charge is -2.10. The molecule has 1 rings (SSSR count). The molecule has 1 aromatic heterocycles. The molecular formula is C12H22N4O. The van der Waals surface area contributed by atoms with Crippen molar-refractivity contribution in [2.75, 3.05) is 37.4 Å². The van der Waals surface area contributed by atoms with Gasteiger partial charge in [0.05, 0.1) is 6.61 Å². The number of nitrogens with zero attached hydrogens (tertiary/aromatic N) is 2. The summed E-state index contributed by atoms with van der Waals surface area (Å²) in [6.45, 7) is 8.51. The van der Waals surface area contributed by atoms with Crippen LogP contribution in [-0.4, -0.2) is 36.8 Å². The van der Waals surface area contributed by atoms with Crippen LogP contribution in [0.3, 0.4) is 0 Å². The lowest BCUT2D eigenvalue weighted by atomic mass is 10.2. The van der Waals surface area contributed by atoms with Gasteiger partial charge in [-0.1, -0.05) is 13.8 Å². The number of anilines is 2. The first-order valence-electron chi connectivity index (χ1n) is 5.96. The Labute approximate surface area is 103 Å². The Kier molecular flexibility index (Phi) is 5.69. The minimum absolute atomic E-state index is 0.576. The molecule has 0 saturated carbocycles. The van der Waals surface area contributed by atoms with Crippen LogP contribution in [0.2, 0.25) is 0 Å². The molecule has 96 valence electrons. The van der Waals surface area contributed by atoms with Crippen molar-refractivity contribution in [2.24, 2.45) is 5.92 Å². The van der Waals surface area contributed by atoms with E-state index >= 15 is 0 Å². The highest BCUT2D eigenvalue weighted by Gasteiger charge is 2.02. The molecule has 0 aliphatic rings. The van der Waals surface area contributed by atoms with Crippen LogP contribution < -0.4 is 10.6 Å². The Bertz CT molecular complexity index is 341. The van der Waals surface area contributed by atoms with E-state index in [1.807, 2.05) is 6.92 Å². The van der Waals surface area contributed by atoms with Crippen molar-refractivity contribution in [1.29, 1.82) is 0 Å². The van der Waals surface area contributed by atoms with E-state index in [4.69, 9.17) is 4.74 Å². The molecule has 0 unspecified atom stereocenters. The van der Waals surface area contributed by atoms with E-state index in [0.717, 1.165) is 24.5 Å². The van der Waals surface area contributed by atoms with Gasteiger partial charge in [0.25, 0.3) is 0 Å². The van der Waals surface area contributed by atoms with Gasteiger partial charge in [-0.05, 0) is 12.8 Å². The normalized spacial score (nSPS) is 10.6. The van der Waals surface area contributed by atoms with Crippen LogP contribution >= 0.6 is 0 Å². The fraction of sp³-hybridized carbons (Fsp3) is 0.667. The van der Waals surface area contributed by atoms with Crippen molar-refractivity contribution in [2.45, 2.75) is 20.8 Å². The summed E-state index contributed by atoms with van der Waals surface area (Å²) in [5, 5.41) is 6.16. The lowest BCUT2D eigenvalue weighted by Crippen LogP contribution is -2.14. The number of ether oxygens (including phenoxy) is 1. The highest BCUT2D eigenvalue weighted by Crippen LogP contribution is 2.11. The molecule has 5 heteroatoms. The molecule has 0 fully saturated rings. The molecule has 0 spiro atoms. The van der Waals surface area contributed by atoms with Crippen LogP contribution in [0.15, 0.2) is 6.20 Å². The number of rotatable bonds is 7. The molecule has 0 atom stereocenters. The van der Waals surface area contributed by atoms with Crippen LogP contribution in [0, 0.1) is 12.8 Å². The summed E-state index contributed by atoms with van der Waals surface area (Å²) in [5.74, 6) is 2.06. The molecule has 5 nitrogen and oxygen atoms in total. The highest BCUT2D eigenvalue weighted by atomic mass is 16.5. The van der Waals surface area contributed by atoms with Crippen LogP contribution in [0.25, 0.3) is 0 Å². The zero-order valence-electron chi connectivity index (χ0n) is 11.1. The number of nitrogens with one attached hydrogen (secondary N) is 2. The van der Waals surface area contributed by atoms with Crippen molar-refractivity contribution in [1.82, 2.24) is 9.97 Å². The molecule has 0 aliphatic carbocycles. The molecule has 17 heavy (non-hydrogen) atoms. The molecule has 1 heterocycles. The SMILES string of the molecule is CNc1ncc(C)c(NCCOCC(C)C)n1. The first-order chi connectivity index (χ1) is 8.13. The number of hydrogen-bond donors (Lipinski definition) is 2. The number of hydrogen-bond acceptors (Lipinski definition) is 5. The Morgan fingerprint density at radius 2 is 2.18 bits per heavy atom. The van der Waals surface area contributed by atoms with Crippen molar-refractivity contribution >= 4 is 11.8 Å². The molecule has 2 N–H and O–H groups in total. The maximum atomic E-state index is 5.49. The Hall–Kier alpha value is -1.36. The molecular weight excluding hydrogens is 216 g/mol. The van der Waals surface area contributed by atoms with E-state index in [1.165, 1.54) is 0 Å². The van der Waals surface area contributed by atoms with Gasteiger partial charge in [-0.2, -0.15) is 4.98 Å². The van der Waals surface area contributed by atoms with Crippen LogP contribution in [0.4, 0.5) is 11.8 Å². The van der Waals surface area contributed by atoms with E-state index in [0.29, 0.717) is 18.5 Å². The second kappa shape index (κ2) is 7.06. The molecule has 0 aromatic carbocycles. The fourth-order valence-electron chi connectivity index (χ4n) is 1.30. The first kappa shape index (κ1) is 13.7. The maximum Gasteiger partial charge on any atom is 0.224 e. The summed E-state index contributed by atoms with van der Waals surface area (Å²) in [4.78, 5) is 8.47. The van der Waals surface area contributed by atoms with Crippen LogP contribution in [0.1, 0.15) is 19.4 Å². The smallest absolute Gasteiger partial charge is 0.224 e. The van der Waals surface area contributed by atoms with Crippen molar-refractivity contribution in [3.8, 4) is 0 Å². The van der Waals surface area contributed by atoms with Gasteiger partial charge < -0.3 is 15.4 Å². The highest BCUT2D eigenvalue weighted by molar-refractivity contribution is 5.46. The largest absolute Gasteiger partial charge is 0.379 e. The van der Waals surface area contributed by atoms with E-state index in [-0.39, 0.29) is 0 Å². The third kappa shape index (κ3) is 4.99. The van der Waals surface area contributed by atoms with Gasteiger partial charge in [-0.3, -0.25) is 0 Å². The summed E-state index contributed by atoms with van der Waals surface area (Å²) in [6.07, 6.45) is 1.80. The zero-order chi connectivity index (χ0) is 12.7. The molecule has 1 aromatic rings. The summed E-state index contributed by atoms with van der Waals surface area (Å²) < 4.78 is 5.49. The Morgan fingerprint density at radius 3 is 2.82 bits per heavy atom. The molecule has 0 radical (unpaired) electrons. The molecule has 0 bridgehead atoms. The quantitative estimate of drug-likeness (QED) is 0.711. The van der Waals surface area contributed by atoms with Gasteiger partial charge >= 0.3 is 0 Å². The Balaban J connectivity index is 2.35. The average Bonchev–Trinajstić information content (AvgIpc) is 2.30. The van der Waals surface area contributed by atoms with Crippen LogP contribution in [-0.2, 0) is 4.74 Å². The second-order valence-corrected chi connectivity index (χ2v) is 4.37. The predicted molar refractivity (Wildman–Crippen MR) is 70.5 cm³/mol. The van der Waals surface area contributed by atoms with Gasteiger partial charge in [0.1, 0.15) is 5.82 Å². The first-order valence-corrected chi connectivity index (χ1v) is 5.96. The van der Waals surface area contributed by atoms with Crippen molar-refractivity contribution in [3.63, 3.8) is 0 Å². The fourth-order valence-corrected chi connectivity index (χ4v) is 1.30. The van der Waals surface area contributed by atoms with Gasteiger partial charge in [-0.25, -0.2) is 4.98 Å². The van der Waals surface area contributed by atoms with E-state index in [9.17, 15) is 0 Å². The van der Waals surface area contributed by atoms with Crippen molar-refractivity contribution < 1.29 is 4.74 Å². The summed E-state index contributed by atoms with van der Waals surface area (Å²) in [7, 11) is 1.81. The topological polar surface area (TPSA) is 59.1 Å². The molecule has 0 aliphatic heterocycles. The van der Waals surface area contributed by atoms with E-state index in [2.05, 4.69) is 34.4 Å². The zero-order valence-corrected chi connectivity index (χ0v) is 11.1. The predicted octanol–water partition coefficient (Wildman–Crippen LogP) is 1.91. The van der Waals surface area contributed by atoms with Crippen molar-refractivity contribution in [3.05, 3.63) is 11.8 Å². The van der Waals surface area contributed by atoms with E-state index < -0.39 is 0 Å². The molecule has 0 amide bonds. The minimum atomic E-state index is 0.576. The number of aromatic nitrogens is 2. The third-order valence-corrected chi connectivity index (χ3v) is 2.19. The van der Waals surface area contributed by atoms with Gasteiger partial charge in [0.2, 0.25) is 5.95 Å². The maximum absolute atomic E-state index is 5.49. The van der Waals surface area contributed by atoms with Crippen LogP contribution in [0.5, 0.6) is 0 Å².